The summed E-state index contributed by atoms with van der Waals surface area (Å²) in [5, 5.41) is 0.839. The van der Waals surface area contributed by atoms with E-state index >= 15 is 0 Å². The zero-order valence-electron chi connectivity index (χ0n) is 7.23. The molecule has 12 heavy (non-hydrogen) atoms. The van der Waals surface area contributed by atoms with Gasteiger partial charge in [-0.15, -0.1) is 0 Å². The van der Waals surface area contributed by atoms with Gasteiger partial charge in [-0.1, -0.05) is 11.6 Å². The molecule has 1 aromatic rings. The van der Waals surface area contributed by atoms with Crippen molar-refractivity contribution in [2.24, 2.45) is 0 Å². The highest BCUT2D eigenvalue weighted by atomic mass is 35.5. The maximum Gasteiger partial charge on any atom is 0.123 e. The number of ether oxygens (including phenoxy) is 1. The van der Waals surface area contributed by atoms with Crippen LogP contribution in [0.15, 0.2) is 12.1 Å². The molecule has 0 amide bonds. The van der Waals surface area contributed by atoms with Gasteiger partial charge in [0.1, 0.15) is 11.9 Å². The first-order valence-electron chi connectivity index (χ1n) is 4.12. The highest BCUT2D eigenvalue weighted by molar-refractivity contribution is 6.31. The minimum atomic E-state index is 0.304. The van der Waals surface area contributed by atoms with E-state index < -0.39 is 0 Å². The highest BCUT2D eigenvalue weighted by Crippen LogP contribution is 2.33. The molecule has 0 N–H and O–H groups in total. The van der Waals surface area contributed by atoms with Gasteiger partial charge in [0.15, 0.2) is 0 Å². The summed E-state index contributed by atoms with van der Waals surface area (Å²) in [6.45, 7) is 4.07. The lowest BCUT2D eigenvalue weighted by molar-refractivity contribution is 0.254. The first kappa shape index (κ1) is 7.93. The SMILES string of the molecule is Cc1cc2c(cc1Cl)CC(C)O2. The molecule has 1 aliphatic heterocycles. The molecule has 2 rings (SSSR count). The summed E-state index contributed by atoms with van der Waals surface area (Å²) < 4.78 is 5.58. The van der Waals surface area contributed by atoms with Crippen LogP contribution < -0.4 is 4.74 Å². The molecule has 1 atom stereocenters. The standard InChI is InChI=1S/C10H11ClO/c1-6-3-10-8(5-9(6)11)4-7(2)12-10/h3,5,7H,4H2,1-2H3. The van der Waals surface area contributed by atoms with Crippen LogP contribution in [0.2, 0.25) is 5.02 Å². The van der Waals surface area contributed by atoms with Crippen LogP contribution in [0.25, 0.3) is 0 Å². The van der Waals surface area contributed by atoms with Crippen molar-refractivity contribution in [1.29, 1.82) is 0 Å². The maximum atomic E-state index is 5.98. The highest BCUT2D eigenvalue weighted by Gasteiger charge is 2.19. The van der Waals surface area contributed by atoms with E-state index in [0.717, 1.165) is 22.8 Å². The minimum absolute atomic E-state index is 0.304. The Morgan fingerprint density at radius 1 is 1.50 bits per heavy atom. The van der Waals surface area contributed by atoms with Crippen molar-refractivity contribution in [3.63, 3.8) is 0 Å². The molecule has 1 heterocycles. The van der Waals surface area contributed by atoms with Gasteiger partial charge in [0.25, 0.3) is 0 Å². The van der Waals surface area contributed by atoms with Gasteiger partial charge in [-0.2, -0.15) is 0 Å². The molecule has 1 aromatic carbocycles. The van der Waals surface area contributed by atoms with Crippen molar-refractivity contribution >= 4 is 11.6 Å². The van der Waals surface area contributed by atoms with Crippen LogP contribution in [-0.4, -0.2) is 6.10 Å². The monoisotopic (exact) mass is 182 g/mol. The topological polar surface area (TPSA) is 9.23 Å². The Hall–Kier alpha value is -0.690. The van der Waals surface area contributed by atoms with Gasteiger partial charge >= 0.3 is 0 Å². The molecular weight excluding hydrogens is 172 g/mol. The lowest BCUT2D eigenvalue weighted by Crippen LogP contribution is -2.05. The van der Waals surface area contributed by atoms with Crippen LogP contribution in [0.1, 0.15) is 18.1 Å². The first-order valence-corrected chi connectivity index (χ1v) is 4.50. The Morgan fingerprint density at radius 3 is 3.00 bits per heavy atom. The third kappa shape index (κ3) is 1.18. The number of hydrogen-bond acceptors (Lipinski definition) is 1. The maximum absolute atomic E-state index is 5.98. The summed E-state index contributed by atoms with van der Waals surface area (Å²) in [7, 11) is 0. The Balaban J connectivity index is 2.48. The number of halogens is 1. The zero-order valence-corrected chi connectivity index (χ0v) is 7.98. The molecule has 0 aliphatic carbocycles. The van der Waals surface area contributed by atoms with Gasteiger partial charge in [0.2, 0.25) is 0 Å². The molecule has 0 saturated heterocycles. The molecule has 0 spiro atoms. The fourth-order valence-electron chi connectivity index (χ4n) is 1.53. The number of rotatable bonds is 0. The molecule has 0 aromatic heterocycles. The summed E-state index contributed by atoms with van der Waals surface area (Å²) in [6, 6.07) is 4.02. The summed E-state index contributed by atoms with van der Waals surface area (Å²) in [4.78, 5) is 0. The van der Waals surface area contributed by atoms with Gasteiger partial charge in [0.05, 0.1) is 0 Å². The van der Waals surface area contributed by atoms with Crippen molar-refractivity contribution in [2.45, 2.75) is 26.4 Å². The van der Waals surface area contributed by atoms with Crippen molar-refractivity contribution < 1.29 is 4.74 Å². The Morgan fingerprint density at radius 2 is 2.25 bits per heavy atom. The molecule has 0 radical (unpaired) electrons. The molecule has 0 saturated carbocycles. The fraction of sp³-hybridized carbons (Fsp3) is 0.400. The molecule has 0 bridgehead atoms. The first-order chi connectivity index (χ1) is 5.66. The number of fused-ring (bicyclic) bond motifs is 1. The van der Waals surface area contributed by atoms with E-state index in [4.69, 9.17) is 16.3 Å². The van der Waals surface area contributed by atoms with Crippen LogP contribution >= 0.6 is 11.6 Å². The molecule has 0 fully saturated rings. The van der Waals surface area contributed by atoms with E-state index in [1.165, 1.54) is 5.56 Å². The minimum Gasteiger partial charge on any atom is -0.490 e. The second kappa shape index (κ2) is 2.67. The van der Waals surface area contributed by atoms with Gasteiger partial charge < -0.3 is 4.74 Å². The van der Waals surface area contributed by atoms with Gasteiger partial charge in [-0.05, 0) is 37.1 Å². The molecule has 2 heteroatoms. The van der Waals surface area contributed by atoms with Crippen molar-refractivity contribution in [3.8, 4) is 5.75 Å². The second-order valence-electron chi connectivity index (χ2n) is 3.34. The number of benzene rings is 1. The number of hydrogen-bond donors (Lipinski definition) is 0. The van der Waals surface area contributed by atoms with Crippen LogP contribution in [0.4, 0.5) is 0 Å². The molecular formula is C10H11ClO. The summed E-state index contributed by atoms with van der Waals surface area (Å²) in [6.07, 6.45) is 1.29. The quantitative estimate of drug-likeness (QED) is 0.600. The third-order valence-corrected chi connectivity index (χ3v) is 2.58. The molecule has 64 valence electrons. The predicted molar refractivity (Wildman–Crippen MR) is 50.0 cm³/mol. The summed E-state index contributed by atoms with van der Waals surface area (Å²) >= 11 is 5.98. The second-order valence-corrected chi connectivity index (χ2v) is 3.75. The van der Waals surface area contributed by atoms with Gasteiger partial charge in [-0.25, -0.2) is 0 Å². The van der Waals surface area contributed by atoms with Crippen molar-refractivity contribution in [2.75, 3.05) is 0 Å². The molecule has 1 unspecified atom stereocenters. The van der Waals surface area contributed by atoms with Crippen LogP contribution in [0.5, 0.6) is 5.75 Å². The van der Waals surface area contributed by atoms with Crippen LogP contribution in [0.3, 0.4) is 0 Å². The van der Waals surface area contributed by atoms with Crippen molar-refractivity contribution in [1.82, 2.24) is 0 Å². The van der Waals surface area contributed by atoms with E-state index in [9.17, 15) is 0 Å². The fourth-order valence-corrected chi connectivity index (χ4v) is 1.72. The summed E-state index contributed by atoms with van der Waals surface area (Å²) in [5.74, 6) is 1.00. The van der Waals surface area contributed by atoms with E-state index in [1.54, 1.807) is 0 Å². The van der Waals surface area contributed by atoms with Crippen LogP contribution in [-0.2, 0) is 6.42 Å². The third-order valence-electron chi connectivity index (χ3n) is 2.18. The average molecular weight is 183 g/mol. The molecule has 1 aliphatic rings. The smallest absolute Gasteiger partial charge is 0.123 e. The molecule has 1 nitrogen and oxygen atoms in total. The Kier molecular flexibility index (Phi) is 1.76. The Labute approximate surface area is 77.3 Å². The zero-order chi connectivity index (χ0) is 8.72. The van der Waals surface area contributed by atoms with Gasteiger partial charge in [0, 0.05) is 11.4 Å². The van der Waals surface area contributed by atoms with Gasteiger partial charge in [-0.3, -0.25) is 0 Å². The number of aryl methyl sites for hydroxylation is 1. The van der Waals surface area contributed by atoms with Crippen LogP contribution in [0, 0.1) is 6.92 Å². The lowest BCUT2D eigenvalue weighted by Gasteiger charge is -2.03. The average Bonchev–Trinajstić information content (AvgIpc) is 2.30. The van der Waals surface area contributed by atoms with E-state index in [-0.39, 0.29) is 0 Å². The normalized spacial score (nSPS) is 20.4. The van der Waals surface area contributed by atoms with E-state index in [2.05, 4.69) is 6.92 Å². The summed E-state index contributed by atoms with van der Waals surface area (Å²) in [5.41, 5.74) is 2.32. The lowest BCUT2D eigenvalue weighted by atomic mass is 10.1. The Bertz CT molecular complexity index is 289. The van der Waals surface area contributed by atoms with E-state index in [0.29, 0.717) is 6.10 Å². The predicted octanol–water partition coefficient (Wildman–Crippen LogP) is 2.97. The van der Waals surface area contributed by atoms with E-state index in [1.807, 2.05) is 19.1 Å². The largest absolute Gasteiger partial charge is 0.490 e. The van der Waals surface area contributed by atoms with Crippen molar-refractivity contribution in [3.05, 3.63) is 28.3 Å².